The molecule has 80 valence electrons. The molecular formula is C9H11N3O3. The number of benzene rings is 1. The van der Waals surface area contributed by atoms with Crippen LogP contribution >= 0.6 is 0 Å². The number of carbonyl (C=O) groups excluding carboxylic acids is 1. The molecule has 0 radical (unpaired) electrons. The van der Waals surface area contributed by atoms with E-state index in [9.17, 15) is 14.9 Å². The third-order valence-electron chi connectivity index (χ3n) is 1.85. The minimum absolute atomic E-state index is 0.00463. The van der Waals surface area contributed by atoms with Gasteiger partial charge in [-0.05, 0) is 12.1 Å². The van der Waals surface area contributed by atoms with Crippen LogP contribution in [0.4, 0.5) is 11.4 Å². The summed E-state index contributed by atoms with van der Waals surface area (Å²) in [4.78, 5) is 22.9. The van der Waals surface area contributed by atoms with Crippen LogP contribution in [0.2, 0.25) is 0 Å². The van der Waals surface area contributed by atoms with Crippen LogP contribution in [0.5, 0.6) is 0 Å². The maximum Gasteiger partial charge on any atom is 0.282 e. The molecule has 6 heteroatoms. The zero-order chi connectivity index (χ0) is 11.6. The molecule has 15 heavy (non-hydrogen) atoms. The number of hydrogen-bond donors (Lipinski definition) is 1. The number of nitrogen functional groups attached to an aromatic ring is 1. The molecule has 6 nitrogen and oxygen atoms in total. The van der Waals surface area contributed by atoms with Crippen molar-refractivity contribution < 1.29 is 9.72 Å². The molecule has 0 heterocycles. The molecule has 0 atom stereocenters. The van der Waals surface area contributed by atoms with Gasteiger partial charge >= 0.3 is 0 Å². The van der Waals surface area contributed by atoms with E-state index in [1.807, 2.05) is 0 Å². The summed E-state index contributed by atoms with van der Waals surface area (Å²) < 4.78 is 0. The van der Waals surface area contributed by atoms with Crippen molar-refractivity contribution in [3.8, 4) is 0 Å². The van der Waals surface area contributed by atoms with Crippen LogP contribution in [-0.4, -0.2) is 29.8 Å². The molecule has 0 saturated heterocycles. The molecule has 0 aliphatic rings. The zero-order valence-corrected chi connectivity index (χ0v) is 8.43. The van der Waals surface area contributed by atoms with Gasteiger partial charge in [0.15, 0.2) is 0 Å². The topological polar surface area (TPSA) is 89.5 Å². The molecule has 0 aliphatic carbocycles. The van der Waals surface area contributed by atoms with Gasteiger partial charge in [-0.3, -0.25) is 14.9 Å². The third kappa shape index (κ3) is 2.22. The lowest BCUT2D eigenvalue weighted by Gasteiger charge is -2.10. The van der Waals surface area contributed by atoms with Crippen molar-refractivity contribution in [1.82, 2.24) is 4.90 Å². The molecule has 0 unspecified atom stereocenters. The van der Waals surface area contributed by atoms with Crippen LogP contribution < -0.4 is 5.73 Å². The summed E-state index contributed by atoms with van der Waals surface area (Å²) in [5.41, 5.74) is 5.57. The molecule has 0 spiro atoms. The van der Waals surface area contributed by atoms with Crippen molar-refractivity contribution in [2.45, 2.75) is 0 Å². The van der Waals surface area contributed by atoms with E-state index in [1.165, 1.54) is 37.2 Å². The Hall–Kier alpha value is -2.11. The average molecular weight is 209 g/mol. The van der Waals surface area contributed by atoms with Gasteiger partial charge in [-0.25, -0.2) is 0 Å². The normalized spacial score (nSPS) is 9.73. The van der Waals surface area contributed by atoms with Gasteiger partial charge in [0.25, 0.3) is 11.6 Å². The molecule has 0 aliphatic heterocycles. The molecule has 0 bridgehead atoms. The Kier molecular flexibility index (Phi) is 2.89. The van der Waals surface area contributed by atoms with Gasteiger partial charge in [-0.1, -0.05) is 0 Å². The van der Waals surface area contributed by atoms with E-state index in [0.717, 1.165) is 0 Å². The Morgan fingerprint density at radius 2 is 2.07 bits per heavy atom. The van der Waals surface area contributed by atoms with Crippen LogP contribution in [-0.2, 0) is 0 Å². The van der Waals surface area contributed by atoms with E-state index < -0.39 is 10.8 Å². The number of carbonyl (C=O) groups is 1. The Morgan fingerprint density at radius 3 is 2.53 bits per heavy atom. The predicted molar refractivity (Wildman–Crippen MR) is 55.5 cm³/mol. The first kappa shape index (κ1) is 11.0. The van der Waals surface area contributed by atoms with Crippen molar-refractivity contribution in [2.75, 3.05) is 19.8 Å². The van der Waals surface area contributed by atoms with E-state index in [4.69, 9.17) is 5.73 Å². The number of nitrogens with two attached hydrogens (primary N) is 1. The lowest BCUT2D eigenvalue weighted by molar-refractivity contribution is -0.385. The monoisotopic (exact) mass is 209 g/mol. The molecule has 2 N–H and O–H groups in total. The van der Waals surface area contributed by atoms with Crippen LogP contribution in [0.1, 0.15) is 10.4 Å². The Bertz CT molecular complexity index is 415. The van der Waals surface area contributed by atoms with Crippen molar-refractivity contribution in [3.63, 3.8) is 0 Å². The van der Waals surface area contributed by atoms with Crippen molar-refractivity contribution in [1.29, 1.82) is 0 Å². The SMILES string of the molecule is CN(C)C(=O)c1cc(N)ccc1[N+](=O)[O-]. The molecule has 1 rings (SSSR count). The second kappa shape index (κ2) is 3.95. The first-order valence-electron chi connectivity index (χ1n) is 4.19. The van der Waals surface area contributed by atoms with Crippen molar-refractivity contribution >= 4 is 17.3 Å². The maximum atomic E-state index is 11.6. The van der Waals surface area contributed by atoms with Gasteiger partial charge < -0.3 is 10.6 Å². The fourth-order valence-electron chi connectivity index (χ4n) is 1.13. The molecule has 1 amide bonds. The minimum Gasteiger partial charge on any atom is -0.399 e. The van der Waals surface area contributed by atoms with Crippen LogP contribution in [0, 0.1) is 10.1 Å². The summed E-state index contributed by atoms with van der Waals surface area (Å²) in [6, 6.07) is 3.93. The highest BCUT2D eigenvalue weighted by molar-refractivity contribution is 5.98. The van der Waals surface area contributed by atoms with Gasteiger partial charge in [0.2, 0.25) is 0 Å². The molecule has 0 aromatic heterocycles. The van der Waals surface area contributed by atoms with E-state index in [-0.39, 0.29) is 11.3 Å². The van der Waals surface area contributed by atoms with E-state index in [2.05, 4.69) is 0 Å². The van der Waals surface area contributed by atoms with Gasteiger partial charge in [0.1, 0.15) is 5.56 Å². The quantitative estimate of drug-likeness (QED) is 0.444. The summed E-state index contributed by atoms with van der Waals surface area (Å²) in [6.07, 6.45) is 0. The number of anilines is 1. The maximum absolute atomic E-state index is 11.6. The van der Waals surface area contributed by atoms with Crippen molar-refractivity contribution in [3.05, 3.63) is 33.9 Å². The smallest absolute Gasteiger partial charge is 0.282 e. The second-order valence-corrected chi connectivity index (χ2v) is 3.23. The molecule has 0 fully saturated rings. The summed E-state index contributed by atoms with van der Waals surface area (Å²) in [5.74, 6) is -0.436. The fourth-order valence-corrected chi connectivity index (χ4v) is 1.13. The largest absolute Gasteiger partial charge is 0.399 e. The Morgan fingerprint density at radius 1 is 1.47 bits per heavy atom. The zero-order valence-electron chi connectivity index (χ0n) is 8.43. The van der Waals surface area contributed by atoms with Gasteiger partial charge in [-0.2, -0.15) is 0 Å². The van der Waals surface area contributed by atoms with Crippen LogP contribution in [0.25, 0.3) is 0 Å². The number of rotatable bonds is 2. The average Bonchev–Trinajstić information content (AvgIpc) is 2.15. The number of nitro benzene ring substituents is 1. The number of nitrogens with zero attached hydrogens (tertiary/aromatic N) is 2. The summed E-state index contributed by atoms with van der Waals surface area (Å²) >= 11 is 0. The minimum atomic E-state index is -0.601. The highest BCUT2D eigenvalue weighted by Crippen LogP contribution is 2.21. The van der Waals surface area contributed by atoms with Gasteiger partial charge in [-0.15, -0.1) is 0 Å². The lowest BCUT2D eigenvalue weighted by atomic mass is 10.1. The molecule has 1 aromatic rings. The molecule has 0 saturated carbocycles. The number of hydrogen-bond acceptors (Lipinski definition) is 4. The third-order valence-corrected chi connectivity index (χ3v) is 1.85. The van der Waals surface area contributed by atoms with Crippen LogP contribution in [0.3, 0.4) is 0 Å². The Balaban J connectivity index is 3.30. The standard InChI is InChI=1S/C9H11N3O3/c1-11(2)9(13)7-5-6(10)3-4-8(7)12(14)15/h3-5H,10H2,1-2H3. The fraction of sp³-hybridized carbons (Fsp3) is 0.222. The van der Waals surface area contributed by atoms with Gasteiger partial charge in [0.05, 0.1) is 4.92 Å². The highest BCUT2D eigenvalue weighted by Gasteiger charge is 2.21. The van der Waals surface area contributed by atoms with Crippen LogP contribution in [0.15, 0.2) is 18.2 Å². The number of amides is 1. The Labute approximate surface area is 86.4 Å². The van der Waals surface area contributed by atoms with Crippen molar-refractivity contribution in [2.24, 2.45) is 0 Å². The lowest BCUT2D eigenvalue weighted by Crippen LogP contribution is -2.22. The predicted octanol–water partition coefficient (Wildman–Crippen LogP) is 0.879. The van der Waals surface area contributed by atoms with E-state index in [0.29, 0.717) is 5.69 Å². The number of nitro groups is 1. The summed E-state index contributed by atoms with van der Waals surface area (Å²) in [5, 5.41) is 10.7. The van der Waals surface area contributed by atoms with E-state index >= 15 is 0 Å². The second-order valence-electron chi connectivity index (χ2n) is 3.23. The van der Waals surface area contributed by atoms with Gasteiger partial charge in [0, 0.05) is 25.8 Å². The highest BCUT2D eigenvalue weighted by atomic mass is 16.6. The molecular weight excluding hydrogens is 198 g/mol. The molecule has 1 aromatic carbocycles. The summed E-state index contributed by atoms with van der Waals surface area (Å²) in [6.45, 7) is 0. The first-order chi connectivity index (χ1) is 6.93. The van der Waals surface area contributed by atoms with E-state index in [1.54, 1.807) is 0 Å². The summed E-state index contributed by atoms with van der Waals surface area (Å²) in [7, 11) is 3.05. The first-order valence-corrected chi connectivity index (χ1v) is 4.19.